The molecule has 0 spiro atoms. The largest absolute Gasteiger partial charge is 0.294 e. The normalized spacial score (nSPS) is 9.93. The molecule has 0 bridgehead atoms. The first-order valence-electron chi connectivity index (χ1n) is 4.02. The minimum atomic E-state index is -0.216. The second-order valence-electron chi connectivity index (χ2n) is 2.79. The monoisotopic (exact) mass is 230 g/mol. The first-order valence-corrected chi connectivity index (χ1v) is 5.38. The van der Waals surface area contributed by atoms with Gasteiger partial charge in [0.2, 0.25) is 5.91 Å². The Labute approximate surface area is 92.0 Å². The molecular formula is C9H11ClN2OS. The number of amides is 1. The van der Waals surface area contributed by atoms with Gasteiger partial charge in [0.05, 0.1) is 10.8 Å². The molecule has 3 N–H and O–H groups in total. The molecule has 3 nitrogen and oxygen atoms in total. The van der Waals surface area contributed by atoms with Crippen LogP contribution in [0.3, 0.4) is 0 Å². The molecule has 0 aromatic heterocycles. The third-order valence-corrected chi connectivity index (χ3v) is 3.11. The van der Waals surface area contributed by atoms with Crippen LogP contribution in [0.25, 0.3) is 0 Å². The molecule has 0 unspecified atom stereocenters. The second kappa shape index (κ2) is 5.24. The summed E-state index contributed by atoms with van der Waals surface area (Å²) in [7, 11) is 0. The summed E-state index contributed by atoms with van der Waals surface area (Å²) >= 11 is 7.34. The maximum Gasteiger partial charge on any atom is 0.244 e. The fourth-order valence-electron chi connectivity index (χ4n) is 0.908. The maximum atomic E-state index is 10.9. The number of halogens is 1. The van der Waals surface area contributed by atoms with E-state index >= 15 is 0 Å². The van der Waals surface area contributed by atoms with E-state index in [0.29, 0.717) is 5.02 Å². The summed E-state index contributed by atoms with van der Waals surface area (Å²) < 4.78 is 0. The minimum Gasteiger partial charge on any atom is -0.294 e. The minimum absolute atomic E-state index is 0.216. The average molecular weight is 231 g/mol. The highest BCUT2D eigenvalue weighted by atomic mass is 35.5. The van der Waals surface area contributed by atoms with E-state index in [9.17, 15) is 4.79 Å². The zero-order valence-corrected chi connectivity index (χ0v) is 9.28. The summed E-state index contributed by atoms with van der Waals surface area (Å²) in [6.45, 7) is 1.97. The summed E-state index contributed by atoms with van der Waals surface area (Å²) in [6.07, 6.45) is 0. The van der Waals surface area contributed by atoms with Gasteiger partial charge in [0.1, 0.15) is 0 Å². The molecule has 0 aliphatic rings. The summed E-state index contributed by atoms with van der Waals surface area (Å²) in [6, 6.07) is 5.71. The van der Waals surface area contributed by atoms with Crippen LogP contribution in [0, 0.1) is 6.92 Å². The van der Waals surface area contributed by atoms with E-state index in [2.05, 4.69) is 5.43 Å². The summed E-state index contributed by atoms with van der Waals surface area (Å²) in [5, 5.41) is 0.667. The zero-order valence-electron chi connectivity index (χ0n) is 7.71. The topological polar surface area (TPSA) is 55.1 Å². The van der Waals surface area contributed by atoms with Crippen molar-refractivity contribution in [2.45, 2.75) is 11.8 Å². The molecule has 0 atom stereocenters. The van der Waals surface area contributed by atoms with Gasteiger partial charge in [0.25, 0.3) is 0 Å². The van der Waals surface area contributed by atoms with E-state index in [4.69, 9.17) is 17.4 Å². The highest BCUT2D eigenvalue weighted by molar-refractivity contribution is 8.00. The Hall–Kier alpha value is -0.710. The first kappa shape index (κ1) is 11.4. The average Bonchev–Trinajstić information content (AvgIpc) is 2.16. The molecular weight excluding hydrogens is 220 g/mol. The van der Waals surface area contributed by atoms with Crippen LogP contribution >= 0.6 is 23.4 Å². The summed E-state index contributed by atoms with van der Waals surface area (Å²) in [5.41, 5.74) is 3.16. The van der Waals surface area contributed by atoms with Crippen LogP contribution in [0.2, 0.25) is 5.02 Å². The maximum absolute atomic E-state index is 10.9. The standard InChI is InChI=1S/C9H11ClN2OS/c1-6-2-3-8(7(10)4-6)14-5-9(13)12-11/h2-4H,5,11H2,1H3,(H,12,13). The lowest BCUT2D eigenvalue weighted by Gasteiger charge is -2.03. The quantitative estimate of drug-likeness (QED) is 0.360. The van der Waals surface area contributed by atoms with Gasteiger partial charge in [0, 0.05) is 4.90 Å². The molecule has 76 valence electrons. The molecule has 0 aliphatic heterocycles. The molecule has 1 aromatic rings. The lowest BCUT2D eigenvalue weighted by molar-refractivity contribution is -0.118. The predicted octanol–water partition coefficient (Wildman–Crippen LogP) is 1.73. The lowest BCUT2D eigenvalue weighted by atomic mass is 10.2. The molecule has 0 radical (unpaired) electrons. The Kier molecular flexibility index (Phi) is 4.25. The van der Waals surface area contributed by atoms with Gasteiger partial charge in [-0.2, -0.15) is 0 Å². The van der Waals surface area contributed by atoms with Crippen LogP contribution < -0.4 is 11.3 Å². The van der Waals surface area contributed by atoms with E-state index in [0.717, 1.165) is 10.5 Å². The van der Waals surface area contributed by atoms with Gasteiger partial charge >= 0.3 is 0 Å². The number of benzene rings is 1. The van der Waals surface area contributed by atoms with Gasteiger partial charge in [0.15, 0.2) is 0 Å². The highest BCUT2D eigenvalue weighted by Gasteiger charge is 2.04. The van der Waals surface area contributed by atoms with Crippen molar-refractivity contribution in [2.75, 3.05) is 5.75 Å². The van der Waals surface area contributed by atoms with E-state index in [1.807, 2.05) is 25.1 Å². The molecule has 1 amide bonds. The first-order chi connectivity index (χ1) is 6.63. The molecule has 0 saturated carbocycles. The van der Waals surface area contributed by atoms with Crippen molar-refractivity contribution in [3.8, 4) is 0 Å². The van der Waals surface area contributed by atoms with Crippen molar-refractivity contribution >= 4 is 29.3 Å². The second-order valence-corrected chi connectivity index (χ2v) is 4.21. The van der Waals surface area contributed by atoms with Crippen molar-refractivity contribution in [3.05, 3.63) is 28.8 Å². The molecule has 5 heteroatoms. The zero-order chi connectivity index (χ0) is 10.6. The molecule has 0 heterocycles. The number of nitrogens with two attached hydrogens (primary N) is 1. The van der Waals surface area contributed by atoms with Gasteiger partial charge in [-0.25, -0.2) is 5.84 Å². The lowest BCUT2D eigenvalue weighted by Crippen LogP contribution is -2.31. The number of thioether (sulfide) groups is 1. The molecule has 0 fully saturated rings. The Morgan fingerprint density at radius 2 is 2.36 bits per heavy atom. The number of nitrogens with one attached hydrogen (secondary N) is 1. The smallest absolute Gasteiger partial charge is 0.244 e. The number of aryl methyl sites for hydroxylation is 1. The van der Waals surface area contributed by atoms with Gasteiger partial charge < -0.3 is 0 Å². The van der Waals surface area contributed by atoms with Crippen molar-refractivity contribution < 1.29 is 4.79 Å². The van der Waals surface area contributed by atoms with Crippen LogP contribution in [0.4, 0.5) is 0 Å². The third-order valence-electron chi connectivity index (χ3n) is 1.61. The van der Waals surface area contributed by atoms with Gasteiger partial charge in [-0.3, -0.25) is 10.2 Å². The Balaban J connectivity index is 2.63. The van der Waals surface area contributed by atoms with Crippen molar-refractivity contribution in [2.24, 2.45) is 5.84 Å². The van der Waals surface area contributed by atoms with Crippen LogP contribution in [-0.2, 0) is 4.79 Å². The number of hydrogen-bond donors (Lipinski definition) is 2. The predicted molar refractivity (Wildman–Crippen MR) is 59.2 cm³/mol. The number of hydrazine groups is 1. The summed E-state index contributed by atoms with van der Waals surface area (Å²) in [5.74, 6) is 5.01. The number of carbonyl (C=O) groups excluding carboxylic acids is 1. The molecule has 0 aliphatic carbocycles. The Morgan fingerprint density at radius 1 is 1.64 bits per heavy atom. The van der Waals surface area contributed by atoms with Crippen molar-refractivity contribution in [1.29, 1.82) is 0 Å². The number of rotatable bonds is 3. The Bertz CT molecular complexity index is 344. The van der Waals surface area contributed by atoms with E-state index < -0.39 is 0 Å². The van der Waals surface area contributed by atoms with Crippen LogP contribution in [0.15, 0.2) is 23.1 Å². The molecule has 0 saturated heterocycles. The SMILES string of the molecule is Cc1ccc(SCC(=O)NN)c(Cl)c1. The summed E-state index contributed by atoms with van der Waals surface area (Å²) in [4.78, 5) is 11.8. The Morgan fingerprint density at radius 3 is 2.93 bits per heavy atom. The van der Waals surface area contributed by atoms with Gasteiger partial charge in [-0.1, -0.05) is 17.7 Å². The van der Waals surface area contributed by atoms with Crippen LogP contribution in [-0.4, -0.2) is 11.7 Å². The molecule has 14 heavy (non-hydrogen) atoms. The fraction of sp³-hybridized carbons (Fsp3) is 0.222. The van der Waals surface area contributed by atoms with E-state index in [-0.39, 0.29) is 11.7 Å². The van der Waals surface area contributed by atoms with Gasteiger partial charge in [-0.15, -0.1) is 11.8 Å². The third kappa shape index (κ3) is 3.21. The van der Waals surface area contributed by atoms with Crippen molar-refractivity contribution in [1.82, 2.24) is 5.43 Å². The fourth-order valence-corrected chi connectivity index (χ4v) is 2.04. The number of hydrogen-bond acceptors (Lipinski definition) is 3. The van der Waals surface area contributed by atoms with E-state index in [1.165, 1.54) is 11.8 Å². The van der Waals surface area contributed by atoms with E-state index in [1.54, 1.807) is 0 Å². The molecule has 1 rings (SSSR count). The molecule has 1 aromatic carbocycles. The van der Waals surface area contributed by atoms with Crippen LogP contribution in [0.1, 0.15) is 5.56 Å². The highest BCUT2D eigenvalue weighted by Crippen LogP contribution is 2.27. The van der Waals surface area contributed by atoms with Crippen molar-refractivity contribution in [3.63, 3.8) is 0 Å². The van der Waals surface area contributed by atoms with Gasteiger partial charge in [-0.05, 0) is 24.6 Å². The van der Waals surface area contributed by atoms with Crippen LogP contribution in [0.5, 0.6) is 0 Å². The number of carbonyl (C=O) groups is 1.